The van der Waals surface area contributed by atoms with Crippen molar-refractivity contribution in [3.63, 3.8) is 0 Å². The number of benzene rings is 1. The minimum Gasteiger partial charge on any atom is -0.483 e. The third-order valence-electron chi connectivity index (χ3n) is 5.11. The highest BCUT2D eigenvalue weighted by Gasteiger charge is 2.45. The maximum Gasteiger partial charge on any atom is 0.410 e. The second kappa shape index (κ2) is 8.08. The van der Waals surface area contributed by atoms with Crippen LogP contribution in [0.4, 0.5) is 9.18 Å². The summed E-state index contributed by atoms with van der Waals surface area (Å²) in [4.78, 5) is 37.9. The number of fused-ring (bicyclic) bond motifs is 1. The first-order valence-electron chi connectivity index (χ1n) is 9.82. The Morgan fingerprint density at radius 3 is 2.50 bits per heavy atom. The Bertz CT molecular complexity index is 894. The smallest absolute Gasteiger partial charge is 0.410 e. The van der Waals surface area contributed by atoms with Crippen molar-refractivity contribution >= 4 is 23.9 Å². The summed E-state index contributed by atoms with van der Waals surface area (Å²) >= 11 is 0. The molecular weight excluding hydrogens is 393 g/mol. The zero-order valence-corrected chi connectivity index (χ0v) is 17.6. The summed E-state index contributed by atoms with van der Waals surface area (Å²) in [5.41, 5.74) is -0.915. The second-order valence-electron chi connectivity index (χ2n) is 8.59. The van der Waals surface area contributed by atoms with Crippen LogP contribution in [-0.2, 0) is 14.3 Å². The summed E-state index contributed by atoms with van der Waals surface area (Å²) in [5, 5.41) is 0. The quantitative estimate of drug-likeness (QED) is 0.536. The molecule has 2 aliphatic rings. The number of ketones is 1. The predicted molar refractivity (Wildman–Crippen MR) is 107 cm³/mol. The number of hydrogen-bond acceptors (Lipinski definition) is 6. The van der Waals surface area contributed by atoms with E-state index < -0.39 is 29.1 Å². The molecule has 1 aromatic carbocycles. The van der Waals surface area contributed by atoms with Gasteiger partial charge in [0.25, 0.3) is 0 Å². The van der Waals surface area contributed by atoms with E-state index in [0.29, 0.717) is 31.5 Å². The number of carbonyl (C=O) groups is 3. The maximum absolute atomic E-state index is 14.7. The molecule has 0 aromatic heterocycles. The Balaban J connectivity index is 1.75. The molecule has 8 heteroatoms. The molecule has 0 unspecified atom stereocenters. The average Bonchev–Trinajstić information content (AvgIpc) is 2.66. The van der Waals surface area contributed by atoms with Crippen LogP contribution in [0.15, 0.2) is 18.2 Å². The lowest BCUT2D eigenvalue weighted by Gasteiger charge is -2.44. The van der Waals surface area contributed by atoms with Gasteiger partial charge < -0.3 is 19.1 Å². The maximum atomic E-state index is 14.7. The van der Waals surface area contributed by atoms with Gasteiger partial charge in [0.2, 0.25) is 0 Å². The molecule has 1 saturated heterocycles. The lowest BCUT2D eigenvalue weighted by Crippen LogP contribution is -2.53. The van der Waals surface area contributed by atoms with Crippen LogP contribution < -0.4 is 4.74 Å². The largest absolute Gasteiger partial charge is 0.483 e. The summed E-state index contributed by atoms with van der Waals surface area (Å²) < 4.78 is 30.6. The van der Waals surface area contributed by atoms with Gasteiger partial charge in [0.1, 0.15) is 11.2 Å². The zero-order chi connectivity index (χ0) is 22.1. The summed E-state index contributed by atoms with van der Waals surface area (Å²) in [5.74, 6) is -1.55. The molecule has 0 N–H and O–H groups in total. The SMILES string of the molecule is COC(=O)C=Cc1cc(F)c2c(c1)C(=O)CC1(CCN(C(=O)OC(C)(C)C)CC1)O2. The van der Waals surface area contributed by atoms with Crippen molar-refractivity contribution in [1.82, 2.24) is 4.90 Å². The Morgan fingerprint density at radius 1 is 1.23 bits per heavy atom. The van der Waals surface area contributed by atoms with Gasteiger partial charge in [-0.2, -0.15) is 0 Å². The summed E-state index contributed by atoms with van der Waals surface area (Å²) in [6.07, 6.45) is 3.04. The Morgan fingerprint density at radius 2 is 1.90 bits per heavy atom. The number of methoxy groups -OCH3 is 1. The van der Waals surface area contributed by atoms with Crippen molar-refractivity contribution < 1.29 is 33.0 Å². The molecule has 7 nitrogen and oxygen atoms in total. The van der Waals surface area contributed by atoms with E-state index in [2.05, 4.69) is 4.74 Å². The molecule has 1 spiro atoms. The van der Waals surface area contributed by atoms with Crippen LogP contribution in [0.3, 0.4) is 0 Å². The monoisotopic (exact) mass is 419 g/mol. The number of Topliss-reactive ketones (excluding diaryl/α,β-unsaturated/α-hetero) is 1. The van der Waals surface area contributed by atoms with Gasteiger partial charge in [-0.1, -0.05) is 0 Å². The van der Waals surface area contributed by atoms with Gasteiger partial charge in [0.05, 0.1) is 19.1 Å². The van der Waals surface area contributed by atoms with Crippen LogP contribution in [0, 0.1) is 5.82 Å². The number of nitrogens with zero attached hydrogens (tertiary/aromatic N) is 1. The lowest BCUT2D eigenvalue weighted by molar-refractivity contribution is -0.134. The second-order valence-corrected chi connectivity index (χ2v) is 8.59. The van der Waals surface area contributed by atoms with E-state index >= 15 is 0 Å². The van der Waals surface area contributed by atoms with Crippen molar-refractivity contribution in [1.29, 1.82) is 0 Å². The Labute approximate surface area is 174 Å². The Kier molecular flexibility index (Phi) is 5.87. The molecule has 0 bridgehead atoms. The fourth-order valence-electron chi connectivity index (χ4n) is 3.60. The van der Waals surface area contributed by atoms with Gasteiger partial charge in [-0.15, -0.1) is 0 Å². The van der Waals surface area contributed by atoms with Gasteiger partial charge >= 0.3 is 12.1 Å². The lowest BCUT2D eigenvalue weighted by atomic mass is 9.82. The summed E-state index contributed by atoms with van der Waals surface area (Å²) in [7, 11) is 1.24. The number of ether oxygens (including phenoxy) is 3. The molecule has 162 valence electrons. The molecule has 2 aliphatic heterocycles. The van der Waals surface area contributed by atoms with Crippen molar-refractivity contribution in [3.05, 3.63) is 35.2 Å². The van der Waals surface area contributed by atoms with Gasteiger partial charge in [-0.25, -0.2) is 14.0 Å². The first-order valence-corrected chi connectivity index (χ1v) is 9.82. The van der Waals surface area contributed by atoms with E-state index in [4.69, 9.17) is 9.47 Å². The first kappa shape index (κ1) is 21.8. The van der Waals surface area contributed by atoms with Crippen molar-refractivity contribution in [2.75, 3.05) is 20.2 Å². The molecule has 0 saturated carbocycles. The molecule has 30 heavy (non-hydrogen) atoms. The van der Waals surface area contributed by atoms with E-state index in [1.807, 2.05) is 0 Å². The van der Waals surface area contributed by atoms with E-state index in [-0.39, 0.29) is 23.5 Å². The third-order valence-corrected chi connectivity index (χ3v) is 5.11. The highest BCUT2D eigenvalue weighted by molar-refractivity contribution is 6.01. The van der Waals surface area contributed by atoms with Crippen LogP contribution in [0.2, 0.25) is 0 Å². The van der Waals surface area contributed by atoms with Crippen molar-refractivity contribution in [3.8, 4) is 5.75 Å². The van der Waals surface area contributed by atoms with Crippen molar-refractivity contribution in [2.45, 2.75) is 51.2 Å². The third kappa shape index (κ3) is 4.80. The number of amides is 1. The number of halogens is 1. The molecular formula is C22H26FNO6. The molecule has 3 rings (SSSR count). The van der Waals surface area contributed by atoms with Crippen LogP contribution >= 0.6 is 0 Å². The summed E-state index contributed by atoms with van der Waals surface area (Å²) in [6, 6.07) is 2.71. The zero-order valence-electron chi connectivity index (χ0n) is 17.6. The minimum atomic E-state index is -0.840. The number of carbonyl (C=O) groups excluding carboxylic acids is 3. The van der Waals surface area contributed by atoms with Crippen LogP contribution in [-0.4, -0.2) is 54.1 Å². The van der Waals surface area contributed by atoms with Crippen LogP contribution in [0.5, 0.6) is 5.75 Å². The van der Waals surface area contributed by atoms with E-state index in [9.17, 15) is 18.8 Å². The minimum absolute atomic E-state index is 0.0767. The van der Waals surface area contributed by atoms with Gasteiger partial charge in [-0.05, 0) is 44.5 Å². The van der Waals surface area contributed by atoms with Gasteiger partial charge in [0.15, 0.2) is 17.3 Å². The average molecular weight is 419 g/mol. The Hall–Kier alpha value is -2.90. The predicted octanol–water partition coefficient (Wildman–Crippen LogP) is 3.75. The molecule has 0 radical (unpaired) electrons. The van der Waals surface area contributed by atoms with Crippen molar-refractivity contribution in [2.24, 2.45) is 0 Å². The standard InChI is InChI=1S/C22H26FNO6/c1-21(2,3)30-20(27)24-9-7-22(8-10-24)13-17(25)15-11-14(5-6-18(26)28-4)12-16(23)19(15)29-22/h5-6,11-12H,7-10,13H2,1-4H3. The fourth-order valence-corrected chi connectivity index (χ4v) is 3.60. The first-order chi connectivity index (χ1) is 14.0. The molecule has 0 aliphatic carbocycles. The molecule has 1 amide bonds. The normalized spacial score (nSPS) is 18.2. The van der Waals surface area contributed by atoms with E-state index in [0.717, 1.165) is 6.08 Å². The van der Waals surface area contributed by atoms with Crippen LogP contribution in [0.25, 0.3) is 6.08 Å². The topological polar surface area (TPSA) is 82.1 Å². The number of hydrogen-bond donors (Lipinski definition) is 0. The molecule has 1 fully saturated rings. The molecule has 0 atom stereocenters. The number of rotatable bonds is 2. The highest BCUT2D eigenvalue weighted by Crippen LogP contribution is 2.41. The van der Waals surface area contributed by atoms with Gasteiger partial charge in [-0.3, -0.25) is 4.79 Å². The molecule has 1 aromatic rings. The molecule has 2 heterocycles. The number of esters is 1. The highest BCUT2D eigenvalue weighted by atomic mass is 19.1. The summed E-state index contributed by atoms with van der Waals surface area (Å²) in [6.45, 7) is 6.12. The van der Waals surface area contributed by atoms with E-state index in [1.165, 1.54) is 25.3 Å². The van der Waals surface area contributed by atoms with Gasteiger partial charge in [0, 0.05) is 32.0 Å². The van der Waals surface area contributed by atoms with Crippen LogP contribution in [0.1, 0.15) is 56.0 Å². The fraction of sp³-hybridized carbons (Fsp3) is 0.500. The van der Waals surface area contributed by atoms with E-state index in [1.54, 1.807) is 25.7 Å². The number of likely N-dealkylation sites (tertiary alicyclic amines) is 1. The number of piperidine rings is 1.